The maximum absolute atomic E-state index is 12.7. The van der Waals surface area contributed by atoms with Crippen molar-refractivity contribution in [1.29, 1.82) is 0 Å². The number of anilines is 1. The molecular formula is C31H31N5O3S. The Balaban J connectivity index is 1.18. The lowest BCUT2D eigenvalue weighted by Crippen LogP contribution is -2.37. The van der Waals surface area contributed by atoms with Gasteiger partial charge in [-0.15, -0.1) is 0 Å². The summed E-state index contributed by atoms with van der Waals surface area (Å²) in [6.45, 7) is 2.81. The predicted molar refractivity (Wildman–Crippen MR) is 156 cm³/mol. The normalized spacial score (nSPS) is 17.0. The molecule has 0 amide bonds. The second-order valence-corrected chi connectivity index (χ2v) is 12.1. The summed E-state index contributed by atoms with van der Waals surface area (Å²) in [4.78, 5) is 9.12. The van der Waals surface area contributed by atoms with Gasteiger partial charge in [-0.05, 0) is 61.1 Å². The Morgan fingerprint density at radius 3 is 2.55 bits per heavy atom. The second kappa shape index (κ2) is 10.7. The van der Waals surface area contributed by atoms with Crippen molar-refractivity contribution in [3.8, 4) is 16.9 Å². The Labute approximate surface area is 233 Å². The molecule has 0 unspecified atom stereocenters. The van der Waals surface area contributed by atoms with E-state index in [0.717, 1.165) is 51.9 Å². The zero-order chi connectivity index (χ0) is 27.7. The average Bonchev–Trinajstić information content (AvgIpc) is 3.33. The molecule has 8 nitrogen and oxygen atoms in total. The summed E-state index contributed by atoms with van der Waals surface area (Å²) in [6.07, 6.45) is 5.25. The number of hydrogen-bond donors (Lipinski definition) is 2. The first kappa shape index (κ1) is 26.0. The van der Waals surface area contributed by atoms with E-state index < -0.39 is 10.0 Å². The summed E-state index contributed by atoms with van der Waals surface area (Å²) >= 11 is 0. The Kier molecular flexibility index (Phi) is 7.00. The van der Waals surface area contributed by atoms with Crippen LogP contribution >= 0.6 is 0 Å². The molecule has 1 fully saturated rings. The van der Waals surface area contributed by atoms with Gasteiger partial charge in [-0.2, -0.15) is 0 Å². The largest absolute Gasteiger partial charge is 0.489 e. The van der Waals surface area contributed by atoms with Gasteiger partial charge in [0.1, 0.15) is 30.1 Å². The summed E-state index contributed by atoms with van der Waals surface area (Å²) in [6, 6.07) is 25.1. The van der Waals surface area contributed by atoms with Crippen LogP contribution in [-0.2, 0) is 16.6 Å². The van der Waals surface area contributed by atoms with E-state index in [1.54, 1.807) is 24.3 Å². The average molecular weight is 554 g/mol. The van der Waals surface area contributed by atoms with Crippen LogP contribution in [0.4, 0.5) is 5.82 Å². The number of rotatable bonds is 9. The maximum Gasteiger partial charge on any atom is 0.240 e. The van der Waals surface area contributed by atoms with Gasteiger partial charge in [0.05, 0.1) is 10.3 Å². The molecule has 40 heavy (non-hydrogen) atoms. The van der Waals surface area contributed by atoms with E-state index in [4.69, 9.17) is 10.5 Å². The van der Waals surface area contributed by atoms with Crippen LogP contribution in [0, 0.1) is 12.8 Å². The van der Waals surface area contributed by atoms with Gasteiger partial charge in [-0.25, -0.2) is 23.1 Å². The fourth-order valence-electron chi connectivity index (χ4n) is 5.22. The lowest BCUT2D eigenvalue weighted by Gasteiger charge is -2.36. The molecule has 9 heteroatoms. The second-order valence-electron chi connectivity index (χ2n) is 10.4. The minimum atomic E-state index is -3.54. The van der Waals surface area contributed by atoms with Gasteiger partial charge in [-0.1, -0.05) is 60.2 Å². The van der Waals surface area contributed by atoms with E-state index in [-0.39, 0.29) is 16.9 Å². The van der Waals surface area contributed by atoms with Crippen molar-refractivity contribution in [2.45, 2.75) is 37.3 Å². The summed E-state index contributed by atoms with van der Waals surface area (Å²) in [7, 11) is -3.54. The van der Waals surface area contributed by atoms with E-state index in [1.165, 1.54) is 6.33 Å². The molecule has 5 aromatic rings. The van der Waals surface area contributed by atoms with Gasteiger partial charge in [0, 0.05) is 24.3 Å². The predicted octanol–water partition coefficient (Wildman–Crippen LogP) is 5.50. The highest BCUT2D eigenvalue weighted by Crippen LogP contribution is 2.43. The summed E-state index contributed by atoms with van der Waals surface area (Å²) in [5.41, 5.74) is 11.2. The topological polar surface area (TPSA) is 112 Å². The molecule has 0 radical (unpaired) electrons. The third-order valence-corrected chi connectivity index (χ3v) is 8.97. The number of hydrogen-bond acceptors (Lipinski definition) is 6. The number of aryl methyl sites for hydroxylation is 1. The Morgan fingerprint density at radius 1 is 1.00 bits per heavy atom. The van der Waals surface area contributed by atoms with Crippen LogP contribution in [0.15, 0.2) is 96.3 Å². The zero-order valence-corrected chi connectivity index (χ0v) is 23.0. The molecular weight excluding hydrogens is 522 g/mol. The molecule has 0 atom stereocenters. The van der Waals surface area contributed by atoms with Gasteiger partial charge >= 0.3 is 0 Å². The SMILES string of the molecule is Cc1ccc(S(=O)(=O)NCC2CC(n3cc(-c4cccc(OCc5ccccc5)c4)c4c(N)ncnc43)C2)cc1. The summed E-state index contributed by atoms with van der Waals surface area (Å²) in [5, 5.41) is 0.811. The quantitative estimate of drug-likeness (QED) is 0.249. The zero-order valence-electron chi connectivity index (χ0n) is 22.2. The molecule has 3 aromatic carbocycles. The van der Waals surface area contributed by atoms with E-state index >= 15 is 0 Å². The molecule has 204 valence electrons. The van der Waals surface area contributed by atoms with Crippen molar-refractivity contribution < 1.29 is 13.2 Å². The molecule has 0 saturated heterocycles. The molecule has 1 aliphatic carbocycles. The minimum Gasteiger partial charge on any atom is -0.489 e. The molecule has 0 bridgehead atoms. The Bertz CT molecular complexity index is 1750. The number of nitrogen functional groups attached to an aromatic ring is 1. The summed E-state index contributed by atoms with van der Waals surface area (Å²) < 4.78 is 36.4. The van der Waals surface area contributed by atoms with E-state index in [2.05, 4.69) is 25.5 Å². The lowest BCUT2D eigenvalue weighted by atomic mass is 9.80. The third-order valence-electron chi connectivity index (χ3n) is 7.53. The highest BCUT2D eigenvalue weighted by Gasteiger charge is 2.33. The molecule has 2 aromatic heterocycles. The van der Waals surface area contributed by atoms with Crippen molar-refractivity contribution in [2.75, 3.05) is 12.3 Å². The molecule has 1 saturated carbocycles. The molecule has 3 N–H and O–H groups in total. The molecule has 2 heterocycles. The molecule has 6 rings (SSSR count). The first-order chi connectivity index (χ1) is 19.4. The van der Waals surface area contributed by atoms with Gasteiger partial charge in [0.25, 0.3) is 0 Å². The van der Waals surface area contributed by atoms with Crippen molar-refractivity contribution in [3.05, 3.63) is 103 Å². The van der Waals surface area contributed by atoms with Crippen LogP contribution < -0.4 is 15.2 Å². The van der Waals surface area contributed by atoms with E-state index in [0.29, 0.717) is 19.0 Å². The van der Waals surface area contributed by atoms with Crippen LogP contribution in [0.1, 0.15) is 30.0 Å². The van der Waals surface area contributed by atoms with Gasteiger partial charge < -0.3 is 15.0 Å². The van der Waals surface area contributed by atoms with E-state index in [1.807, 2.05) is 61.5 Å². The number of ether oxygens (including phenoxy) is 1. The highest BCUT2D eigenvalue weighted by molar-refractivity contribution is 7.89. The van der Waals surface area contributed by atoms with Crippen LogP contribution in [0.2, 0.25) is 0 Å². The van der Waals surface area contributed by atoms with Crippen molar-refractivity contribution >= 4 is 26.9 Å². The first-order valence-corrected chi connectivity index (χ1v) is 14.8. The number of nitrogens with zero attached hydrogens (tertiary/aromatic N) is 3. The number of benzene rings is 3. The van der Waals surface area contributed by atoms with Gasteiger partial charge in [-0.3, -0.25) is 0 Å². The number of fused-ring (bicyclic) bond motifs is 1. The van der Waals surface area contributed by atoms with Gasteiger partial charge in [0.15, 0.2) is 0 Å². The van der Waals surface area contributed by atoms with Crippen LogP contribution in [-0.4, -0.2) is 29.5 Å². The monoisotopic (exact) mass is 553 g/mol. The van der Waals surface area contributed by atoms with Gasteiger partial charge in [0.2, 0.25) is 10.0 Å². The lowest BCUT2D eigenvalue weighted by molar-refractivity contribution is 0.204. The smallest absolute Gasteiger partial charge is 0.240 e. The molecule has 0 aliphatic heterocycles. The number of aromatic nitrogens is 3. The van der Waals surface area contributed by atoms with Crippen LogP contribution in [0.5, 0.6) is 5.75 Å². The fourth-order valence-corrected chi connectivity index (χ4v) is 6.34. The number of nitrogens with one attached hydrogen (secondary N) is 1. The minimum absolute atomic E-state index is 0.192. The third kappa shape index (κ3) is 5.30. The highest BCUT2D eigenvalue weighted by atomic mass is 32.2. The van der Waals surface area contributed by atoms with Crippen LogP contribution in [0.25, 0.3) is 22.2 Å². The van der Waals surface area contributed by atoms with Crippen molar-refractivity contribution in [3.63, 3.8) is 0 Å². The maximum atomic E-state index is 12.7. The van der Waals surface area contributed by atoms with Crippen LogP contribution in [0.3, 0.4) is 0 Å². The Morgan fingerprint density at radius 2 is 1.77 bits per heavy atom. The van der Waals surface area contributed by atoms with Crippen molar-refractivity contribution in [2.24, 2.45) is 5.92 Å². The summed E-state index contributed by atoms with van der Waals surface area (Å²) in [5.74, 6) is 1.43. The van der Waals surface area contributed by atoms with Crippen molar-refractivity contribution in [1.82, 2.24) is 19.3 Å². The standard InChI is InChI=1S/C31H31N5O3S/c1-21-10-12-27(13-11-21)40(37,38)35-17-23-14-25(15-23)36-18-28(29-30(32)33-20-34-31(29)36)24-8-5-9-26(16-24)39-19-22-6-3-2-4-7-22/h2-13,16,18,20,23,25,35H,14-15,17,19H2,1H3,(H2,32,33,34). The Hall–Kier alpha value is -4.21. The fraction of sp³-hybridized carbons (Fsp3) is 0.226. The molecule has 1 aliphatic rings. The molecule has 0 spiro atoms. The first-order valence-electron chi connectivity index (χ1n) is 13.3. The number of sulfonamides is 1. The van der Waals surface area contributed by atoms with E-state index in [9.17, 15) is 8.42 Å². The number of nitrogens with two attached hydrogens (primary N) is 1.